The van der Waals surface area contributed by atoms with Gasteiger partial charge in [-0.05, 0) is 42.0 Å². The van der Waals surface area contributed by atoms with Crippen LogP contribution in [0.15, 0.2) is 46.9 Å². The molecule has 0 bridgehead atoms. The van der Waals surface area contributed by atoms with Crippen LogP contribution in [0.5, 0.6) is 0 Å². The number of thioether (sulfide) groups is 1. The Hall–Kier alpha value is -2.12. The van der Waals surface area contributed by atoms with Gasteiger partial charge in [0, 0.05) is 5.69 Å². The third-order valence-electron chi connectivity index (χ3n) is 3.61. The molecular formula is C18H20N4OS2. The number of benzene rings is 1. The molecule has 2 aromatic heterocycles. The zero-order valence-electron chi connectivity index (χ0n) is 14.0. The summed E-state index contributed by atoms with van der Waals surface area (Å²) < 4.78 is 0. The largest absolute Gasteiger partial charge is 0.325 e. The minimum absolute atomic E-state index is 0.0613. The highest BCUT2D eigenvalue weighted by Crippen LogP contribution is 2.23. The van der Waals surface area contributed by atoms with Gasteiger partial charge in [-0.25, -0.2) is 4.98 Å². The van der Waals surface area contributed by atoms with Gasteiger partial charge in [-0.1, -0.05) is 43.3 Å². The van der Waals surface area contributed by atoms with Crippen LogP contribution in [0.1, 0.15) is 25.3 Å². The Labute approximate surface area is 155 Å². The highest BCUT2D eigenvalue weighted by atomic mass is 32.2. The number of rotatable bonds is 8. The molecule has 5 nitrogen and oxygen atoms in total. The summed E-state index contributed by atoms with van der Waals surface area (Å²) in [6.07, 6.45) is 3.45. The predicted octanol–water partition coefficient (Wildman–Crippen LogP) is 4.61. The third kappa shape index (κ3) is 5.17. The molecule has 130 valence electrons. The van der Waals surface area contributed by atoms with Crippen molar-refractivity contribution in [2.45, 2.75) is 31.3 Å². The normalized spacial score (nSPS) is 10.8. The second-order valence-corrected chi connectivity index (χ2v) is 7.47. The Balaban J connectivity index is 1.48. The second-order valence-electron chi connectivity index (χ2n) is 5.58. The van der Waals surface area contributed by atoms with Gasteiger partial charge < -0.3 is 5.32 Å². The minimum Gasteiger partial charge on any atom is -0.325 e. The second kappa shape index (κ2) is 8.82. The van der Waals surface area contributed by atoms with Crippen LogP contribution in [0.4, 0.5) is 5.69 Å². The molecule has 7 heteroatoms. The summed E-state index contributed by atoms with van der Waals surface area (Å²) in [7, 11) is 0. The highest BCUT2D eigenvalue weighted by molar-refractivity contribution is 7.99. The maximum Gasteiger partial charge on any atom is 0.234 e. The Morgan fingerprint density at radius 1 is 1.28 bits per heavy atom. The molecule has 0 fully saturated rings. The smallest absolute Gasteiger partial charge is 0.234 e. The molecule has 3 rings (SSSR count). The molecule has 0 unspecified atom stereocenters. The van der Waals surface area contributed by atoms with E-state index in [-0.39, 0.29) is 11.7 Å². The van der Waals surface area contributed by atoms with Gasteiger partial charge in [-0.15, -0.1) is 16.4 Å². The number of aromatic nitrogens is 3. The third-order valence-corrected chi connectivity index (χ3v) is 5.33. The molecule has 25 heavy (non-hydrogen) atoms. The Bertz CT molecular complexity index is 797. The lowest BCUT2D eigenvalue weighted by Gasteiger charge is -2.05. The lowest BCUT2D eigenvalue weighted by atomic mass is 10.1. The van der Waals surface area contributed by atoms with E-state index < -0.39 is 0 Å². The number of nitrogens with zero attached hydrogens (tertiary/aromatic N) is 2. The summed E-state index contributed by atoms with van der Waals surface area (Å²) in [6.45, 7) is 2.18. The molecule has 2 N–H and O–H groups in total. The van der Waals surface area contributed by atoms with Crippen LogP contribution in [-0.2, 0) is 11.2 Å². The number of hydrogen-bond acceptors (Lipinski definition) is 5. The van der Waals surface area contributed by atoms with Crippen molar-refractivity contribution in [3.8, 4) is 10.7 Å². The summed E-state index contributed by atoms with van der Waals surface area (Å²) in [4.78, 5) is 17.5. The van der Waals surface area contributed by atoms with Crippen LogP contribution in [0.25, 0.3) is 10.7 Å². The van der Waals surface area contributed by atoms with Crippen molar-refractivity contribution in [3.63, 3.8) is 0 Å². The van der Waals surface area contributed by atoms with E-state index in [2.05, 4.69) is 39.6 Å². The first-order chi connectivity index (χ1) is 12.2. The molecule has 1 aromatic carbocycles. The van der Waals surface area contributed by atoms with Gasteiger partial charge >= 0.3 is 0 Å². The Morgan fingerprint density at radius 3 is 2.84 bits per heavy atom. The molecular weight excluding hydrogens is 352 g/mol. The number of aryl methyl sites for hydroxylation is 1. The van der Waals surface area contributed by atoms with E-state index in [0.717, 1.165) is 22.8 Å². The van der Waals surface area contributed by atoms with Crippen molar-refractivity contribution in [1.82, 2.24) is 15.2 Å². The van der Waals surface area contributed by atoms with Gasteiger partial charge in [-0.3, -0.25) is 9.89 Å². The van der Waals surface area contributed by atoms with Gasteiger partial charge in [-0.2, -0.15) is 0 Å². The lowest BCUT2D eigenvalue weighted by molar-refractivity contribution is -0.113. The number of unbranched alkanes of at least 4 members (excludes halogenated alkanes) is 1. The Kier molecular flexibility index (Phi) is 6.25. The minimum atomic E-state index is -0.0613. The summed E-state index contributed by atoms with van der Waals surface area (Å²) >= 11 is 2.92. The molecule has 0 saturated carbocycles. The van der Waals surface area contributed by atoms with Crippen LogP contribution in [0.2, 0.25) is 0 Å². The van der Waals surface area contributed by atoms with Crippen molar-refractivity contribution in [2.75, 3.05) is 11.1 Å². The van der Waals surface area contributed by atoms with E-state index in [1.165, 1.54) is 30.2 Å². The maximum absolute atomic E-state index is 12.1. The van der Waals surface area contributed by atoms with E-state index in [0.29, 0.717) is 5.16 Å². The van der Waals surface area contributed by atoms with Gasteiger partial charge in [0.2, 0.25) is 11.1 Å². The van der Waals surface area contributed by atoms with Crippen LogP contribution in [0, 0.1) is 0 Å². The van der Waals surface area contributed by atoms with E-state index in [1.807, 2.05) is 29.6 Å². The first kappa shape index (κ1) is 17.7. The number of hydrogen-bond donors (Lipinski definition) is 2. The first-order valence-electron chi connectivity index (χ1n) is 8.22. The van der Waals surface area contributed by atoms with E-state index in [1.54, 1.807) is 11.3 Å². The quantitative estimate of drug-likeness (QED) is 0.567. The van der Waals surface area contributed by atoms with Crippen LogP contribution >= 0.6 is 23.1 Å². The van der Waals surface area contributed by atoms with Crippen molar-refractivity contribution < 1.29 is 4.79 Å². The summed E-state index contributed by atoms with van der Waals surface area (Å²) in [5, 5.41) is 12.5. The van der Waals surface area contributed by atoms with Gasteiger partial charge in [0.05, 0.1) is 10.6 Å². The number of aromatic amines is 1. The Morgan fingerprint density at radius 2 is 2.12 bits per heavy atom. The summed E-state index contributed by atoms with van der Waals surface area (Å²) in [5.41, 5.74) is 2.12. The fraction of sp³-hybridized carbons (Fsp3) is 0.278. The van der Waals surface area contributed by atoms with Crippen LogP contribution in [0.3, 0.4) is 0 Å². The van der Waals surface area contributed by atoms with Crippen LogP contribution < -0.4 is 5.32 Å². The molecule has 0 aliphatic heterocycles. The van der Waals surface area contributed by atoms with Crippen LogP contribution in [-0.4, -0.2) is 26.8 Å². The number of amides is 1. The molecule has 0 saturated heterocycles. The topological polar surface area (TPSA) is 70.7 Å². The molecule has 0 atom stereocenters. The highest BCUT2D eigenvalue weighted by Gasteiger charge is 2.09. The van der Waals surface area contributed by atoms with Gasteiger partial charge in [0.1, 0.15) is 0 Å². The monoisotopic (exact) mass is 372 g/mol. The summed E-state index contributed by atoms with van der Waals surface area (Å²) in [5.74, 6) is 0.952. The number of thiophene rings is 1. The molecule has 2 heterocycles. The molecule has 0 aliphatic rings. The zero-order chi connectivity index (χ0) is 17.5. The molecule has 1 amide bonds. The zero-order valence-corrected chi connectivity index (χ0v) is 15.6. The van der Waals surface area contributed by atoms with Crippen molar-refractivity contribution in [3.05, 3.63) is 47.3 Å². The number of anilines is 1. The molecule has 0 spiro atoms. The lowest BCUT2D eigenvalue weighted by Crippen LogP contribution is -2.14. The predicted molar refractivity (Wildman–Crippen MR) is 104 cm³/mol. The molecule has 3 aromatic rings. The average Bonchev–Trinajstić information content (AvgIpc) is 3.30. The van der Waals surface area contributed by atoms with E-state index in [4.69, 9.17) is 0 Å². The number of nitrogens with one attached hydrogen (secondary N) is 2. The first-order valence-corrected chi connectivity index (χ1v) is 10.1. The fourth-order valence-electron chi connectivity index (χ4n) is 2.30. The van der Waals surface area contributed by atoms with Crippen molar-refractivity contribution in [1.29, 1.82) is 0 Å². The SMILES string of the molecule is CCCCc1ccc(NC(=O)CSc2n[nH]c(-c3cccs3)n2)cc1. The maximum atomic E-state index is 12.1. The number of H-pyrrole nitrogens is 1. The van der Waals surface area contributed by atoms with Gasteiger partial charge in [0.25, 0.3) is 0 Å². The van der Waals surface area contributed by atoms with E-state index >= 15 is 0 Å². The molecule has 0 radical (unpaired) electrons. The number of carbonyl (C=O) groups is 1. The summed E-state index contributed by atoms with van der Waals surface area (Å²) in [6, 6.07) is 12.0. The standard InChI is InChI=1S/C18H20N4OS2/c1-2-3-5-13-7-9-14(10-8-13)19-16(23)12-25-18-20-17(21-22-18)15-6-4-11-24-15/h4,6-11H,2-3,5,12H2,1H3,(H,19,23)(H,20,21,22). The van der Waals surface area contributed by atoms with E-state index in [9.17, 15) is 4.79 Å². The van der Waals surface area contributed by atoms with Crippen molar-refractivity contribution >= 4 is 34.7 Å². The molecule has 0 aliphatic carbocycles. The number of carbonyl (C=O) groups excluding carboxylic acids is 1. The average molecular weight is 373 g/mol. The van der Waals surface area contributed by atoms with Crippen molar-refractivity contribution in [2.24, 2.45) is 0 Å². The fourth-order valence-corrected chi connectivity index (χ4v) is 3.56. The van der Waals surface area contributed by atoms with Gasteiger partial charge in [0.15, 0.2) is 5.82 Å².